The lowest BCUT2D eigenvalue weighted by Crippen LogP contribution is -2.27. The summed E-state index contributed by atoms with van der Waals surface area (Å²) in [4.78, 5) is 5.93. The van der Waals surface area contributed by atoms with E-state index in [1.165, 1.54) is 0 Å². The Hall–Kier alpha value is -0.370. The molecule has 0 aromatic carbocycles. The van der Waals surface area contributed by atoms with Crippen LogP contribution in [0.5, 0.6) is 0 Å². The molecular formula is C8H18ClN3. The Labute approximate surface area is 80.8 Å². The molecule has 0 heterocycles. The second-order valence-corrected chi connectivity index (χ2v) is 2.81. The molecule has 0 aliphatic carbocycles. The highest BCUT2D eigenvalue weighted by Gasteiger charge is 2.06. The van der Waals surface area contributed by atoms with Gasteiger partial charge >= 0.3 is 0 Å². The first-order valence-electron chi connectivity index (χ1n) is 3.97. The number of hydrogen-bond acceptors (Lipinski definition) is 3. The van der Waals surface area contributed by atoms with Gasteiger partial charge in [0.1, 0.15) is 0 Å². The molecule has 3 nitrogen and oxygen atoms in total. The van der Waals surface area contributed by atoms with Crippen molar-refractivity contribution in [1.29, 1.82) is 5.41 Å². The van der Waals surface area contributed by atoms with Gasteiger partial charge in [-0.25, -0.2) is 10.4 Å². The Bertz CT molecular complexity index is 141. The van der Waals surface area contributed by atoms with Crippen LogP contribution in [0.3, 0.4) is 0 Å². The third-order valence-electron chi connectivity index (χ3n) is 1.85. The maximum absolute atomic E-state index is 6.58. The van der Waals surface area contributed by atoms with Crippen LogP contribution in [0.2, 0.25) is 0 Å². The van der Waals surface area contributed by atoms with E-state index in [1.54, 1.807) is 0 Å². The molecule has 0 bridgehead atoms. The van der Waals surface area contributed by atoms with Crippen LogP contribution in [0.15, 0.2) is 4.99 Å². The molecule has 0 aliphatic heterocycles. The molecule has 0 rings (SSSR count). The van der Waals surface area contributed by atoms with Gasteiger partial charge in [0.2, 0.25) is 0 Å². The molecule has 0 aromatic rings. The van der Waals surface area contributed by atoms with E-state index in [9.17, 15) is 0 Å². The predicted octanol–water partition coefficient (Wildman–Crippen LogP) is 1.89. The van der Waals surface area contributed by atoms with Crippen LogP contribution in [-0.4, -0.2) is 37.6 Å². The SMILES string of the molecule is CCC(CCN=C=N)N(C)C.Cl. The number of halogens is 1. The highest BCUT2D eigenvalue weighted by atomic mass is 35.5. The lowest BCUT2D eigenvalue weighted by molar-refractivity contribution is 0.274. The van der Waals surface area contributed by atoms with E-state index < -0.39 is 0 Å². The smallest absolute Gasteiger partial charge is 0.0861 e. The van der Waals surface area contributed by atoms with Gasteiger partial charge in [0.25, 0.3) is 0 Å². The molecule has 1 atom stereocenters. The lowest BCUT2D eigenvalue weighted by Gasteiger charge is -2.21. The maximum atomic E-state index is 6.58. The van der Waals surface area contributed by atoms with Gasteiger partial charge in [-0.15, -0.1) is 12.4 Å². The second kappa shape index (κ2) is 8.72. The van der Waals surface area contributed by atoms with Crippen LogP contribution in [0.25, 0.3) is 0 Å². The molecule has 0 fully saturated rings. The van der Waals surface area contributed by atoms with Crippen LogP contribution in [0, 0.1) is 5.41 Å². The summed E-state index contributed by atoms with van der Waals surface area (Å²) in [5, 5.41) is 6.58. The molecule has 72 valence electrons. The zero-order chi connectivity index (χ0) is 8.69. The molecule has 0 radical (unpaired) electrons. The average molecular weight is 192 g/mol. The maximum Gasteiger partial charge on any atom is 0.0861 e. The van der Waals surface area contributed by atoms with E-state index in [-0.39, 0.29) is 12.4 Å². The molecule has 0 saturated heterocycles. The third-order valence-corrected chi connectivity index (χ3v) is 1.85. The number of nitrogens with zero attached hydrogens (tertiary/aromatic N) is 2. The molecule has 4 heteroatoms. The molecule has 0 aromatic heterocycles. The van der Waals surface area contributed by atoms with Crippen molar-refractivity contribution in [3.8, 4) is 0 Å². The minimum Gasteiger partial charge on any atom is -0.306 e. The highest BCUT2D eigenvalue weighted by molar-refractivity contribution is 5.85. The van der Waals surface area contributed by atoms with Crippen molar-refractivity contribution in [2.75, 3.05) is 20.6 Å². The molecule has 0 amide bonds. The molecule has 0 aliphatic rings. The second-order valence-electron chi connectivity index (χ2n) is 2.81. The zero-order valence-corrected chi connectivity index (χ0v) is 8.82. The zero-order valence-electron chi connectivity index (χ0n) is 8.00. The summed E-state index contributed by atoms with van der Waals surface area (Å²) >= 11 is 0. The molecule has 0 saturated carbocycles. The van der Waals surface area contributed by atoms with Crippen LogP contribution in [0.1, 0.15) is 19.8 Å². The van der Waals surface area contributed by atoms with E-state index in [0.29, 0.717) is 6.04 Å². The van der Waals surface area contributed by atoms with Gasteiger partial charge in [0.15, 0.2) is 0 Å². The van der Waals surface area contributed by atoms with Gasteiger partial charge in [0, 0.05) is 6.04 Å². The molecule has 12 heavy (non-hydrogen) atoms. The van der Waals surface area contributed by atoms with Crippen LogP contribution in [0.4, 0.5) is 0 Å². The van der Waals surface area contributed by atoms with E-state index in [0.717, 1.165) is 19.4 Å². The van der Waals surface area contributed by atoms with E-state index in [2.05, 4.69) is 30.9 Å². The van der Waals surface area contributed by atoms with Gasteiger partial charge in [0.05, 0.1) is 12.6 Å². The van der Waals surface area contributed by atoms with Gasteiger partial charge in [-0.2, -0.15) is 0 Å². The van der Waals surface area contributed by atoms with Crippen molar-refractivity contribution in [1.82, 2.24) is 4.90 Å². The highest BCUT2D eigenvalue weighted by Crippen LogP contribution is 2.03. The normalized spacial score (nSPS) is 11.7. The largest absolute Gasteiger partial charge is 0.306 e. The van der Waals surface area contributed by atoms with Crippen molar-refractivity contribution < 1.29 is 0 Å². The van der Waals surface area contributed by atoms with Crippen molar-refractivity contribution in [2.45, 2.75) is 25.8 Å². The molecule has 1 N–H and O–H groups in total. The number of hydrogen-bond donors (Lipinski definition) is 1. The summed E-state index contributed by atoms with van der Waals surface area (Å²) in [6.45, 7) is 2.89. The van der Waals surface area contributed by atoms with E-state index >= 15 is 0 Å². The lowest BCUT2D eigenvalue weighted by atomic mass is 10.1. The van der Waals surface area contributed by atoms with Gasteiger partial charge in [-0.1, -0.05) is 6.92 Å². The summed E-state index contributed by atoms with van der Waals surface area (Å²) < 4.78 is 0. The first kappa shape index (κ1) is 14.2. The fraction of sp³-hybridized carbons (Fsp3) is 0.875. The monoisotopic (exact) mass is 191 g/mol. The fourth-order valence-electron chi connectivity index (χ4n) is 1.10. The van der Waals surface area contributed by atoms with Crippen molar-refractivity contribution in [2.24, 2.45) is 4.99 Å². The Morgan fingerprint density at radius 3 is 2.42 bits per heavy atom. The minimum absolute atomic E-state index is 0. The summed E-state index contributed by atoms with van der Waals surface area (Å²) in [6, 6.07) is 2.63. The minimum atomic E-state index is 0. The summed E-state index contributed by atoms with van der Waals surface area (Å²) in [5.74, 6) is 0. The first-order valence-corrected chi connectivity index (χ1v) is 3.97. The fourth-order valence-corrected chi connectivity index (χ4v) is 1.10. The molecular weight excluding hydrogens is 174 g/mol. The topological polar surface area (TPSA) is 39.5 Å². The van der Waals surface area contributed by atoms with Crippen molar-refractivity contribution >= 4 is 18.4 Å². The first-order chi connectivity index (χ1) is 5.22. The predicted molar refractivity (Wildman–Crippen MR) is 54.7 cm³/mol. The number of rotatable bonds is 5. The average Bonchev–Trinajstić information content (AvgIpc) is 1.97. The molecule has 1 unspecified atom stereocenters. The summed E-state index contributed by atoms with van der Waals surface area (Å²) in [6.07, 6.45) is 2.16. The Morgan fingerprint density at radius 2 is 2.08 bits per heavy atom. The Balaban J connectivity index is 0. The third kappa shape index (κ3) is 6.35. The van der Waals surface area contributed by atoms with Crippen molar-refractivity contribution in [3.05, 3.63) is 0 Å². The standard InChI is InChI=1S/C8H17N3.ClH/c1-4-8(11(2)3)5-6-10-7-9;/h8-9H,4-6H2,1-3H3;1H. The van der Waals surface area contributed by atoms with E-state index in [4.69, 9.17) is 5.41 Å². The summed E-state index contributed by atoms with van der Waals surface area (Å²) in [5.41, 5.74) is 0. The number of aliphatic imine (C=N–C) groups is 1. The quantitative estimate of drug-likeness (QED) is 0.663. The number of nitrogens with one attached hydrogen (secondary N) is 1. The van der Waals surface area contributed by atoms with Gasteiger partial charge in [-0.05, 0) is 26.9 Å². The Morgan fingerprint density at radius 1 is 1.50 bits per heavy atom. The van der Waals surface area contributed by atoms with Crippen LogP contribution < -0.4 is 0 Å². The van der Waals surface area contributed by atoms with Gasteiger partial charge < -0.3 is 4.90 Å². The Kier molecular flexibility index (Phi) is 10.3. The van der Waals surface area contributed by atoms with Crippen molar-refractivity contribution in [3.63, 3.8) is 0 Å². The van der Waals surface area contributed by atoms with Crippen LogP contribution in [-0.2, 0) is 0 Å². The van der Waals surface area contributed by atoms with Crippen LogP contribution >= 0.6 is 12.4 Å². The van der Waals surface area contributed by atoms with Gasteiger partial charge in [-0.3, -0.25) is 0 Å². The van der Waals surface area contributed by atoms with E-state index in [1.807, 2.05) is 6.01 Å². The summed E-state index contributed by atoms with van der Waals surface area (Å²) in [7, 11) is 4.14. The molecule has 0 spiro atoms.